The van der Waals surface area contributed by atoms with Crippen LogP contribution >= 0.6 is 0 Å². The monoisotopic (exact) mass is 261 g/mol. The van der Waals surface area contributed by atoms with Gasteiger partial charge in [-0.3, -0.25) is 9.67 Å². The van der Waals surface area contributed by atoms with Crippen LogP contribution in [0.15, 0.2) is 18.6 Å². The van der Waals surface area contributed by atoms with Gasteiger partial charge in [-0.15, -0.1) is 0 Å². The molecule has 0 unspecified atom stereocenters. The van der Waals surface area contributed by atoms with E-state index in [1.165, 1.54) is 12.4 Å². The molecule has 0 aliphatic rings. The number of carboxylic acid groups (broad SMARTS) is 1. The Morgan fingerprint density at radius 1 is 1.42 bits per heavy atom. The average molecular weight is 261 g/mol. The first kappa shape index (κ1) is 13.1. The number of aryl methyl sites for hydroxylation is 1. The fourth-order valence-corrected chi connectivity index (χ4v) is 1.94. The van der Waals surface area contributed by atoms with Crippen molar-refractivity contribution in [3.63, 3.8) is 0 Å². The van der Waals surface area contributed by atoms with E-state index in [1.54, 1.807) is 18.0 Å². The average Bonchev–Trinajstić information content (AvgIpc) is 2.82. The van der Waals surface area contributed by atoms with Crippen LogP contribution < -0.4 is 4.74 Å². The molecule has 2 heterocycles. The van der Waals surface area contributed by atoms with Gasteiger partial charge in [-0.2, -0.15) is 5.10 Å². The summed E-state index contributed by atoms with van der Waals surface area (Å²) in [5, 5.41) is 12.9. The van der Waals surface area contributed by atoms with Crippen LogP contribution in [-0.2, 0) is 6.54 Å². The molecule has 0 spiro atoms. The highest BCUT2D eigenvalue weighted by atomic mass is 16.5. The second-order valence-electron chi connectivity index (χ2n) is 4.28. The molecule has 0 aliphatic heterocycles. The number of carboxylic acids is 1. The molecule has 0 bridgehead atoms. The molecule has 100 valence electrons. The highest BCUT2D eigenvalue weighted by Gasteiger charge is 2.11. The Labute approximate surface area is 110 Å². The van der Waals surface area contributed by atoms with Crippen LogP contribution in [-0.4, -0.2) is 33.0 Å². The molecule has 0 amide bonds. The first-order chi connectivity index (χ1) is 9.02. The first-order valence-electron chi connectivity index (χ1n) is 5.77. The van der Waals surface area contributed by atoms with E-state index in [4.69, 9.17) is 9.84 Å². The van der Waals surface area contributed by atoms with E-state index in [-0.39, 0.29) is 5.56 Å². The van der Waals surface area contributed by atoms with Crippen LogP contribution in [0.1, 0.15) is 27.2 Å². The van der Waals surface area contributed by atoms with Gasteiger partial charge in [-0.25, -0.2) is 4.79 Å². The van der Waals surface area contributed by atoms with E-state index in [1.807, 2.05) is 13.8 Å². The smallest absolute Gasteiger partial charge is 0.338 e. The molecule has 0 aliphatic carbocycles. The van der Waals surface area contributed by atoms with Crippen LogP contribution in [0.25, 0.3) is 0 Å². The third-order valence-corrected chi connectivity index (χ3v) is 2.94. The van der Waals surface area contributed by atoms with E-state index in [2.05, 4.69) is 10.1 Å². The lowest BCUT2D eigenvalue weighted by Gasteiger charge is -2.12. The molecule has 2 aromatic rings. The molecule has 1 N–H and O–H groups in total. The number of aromatic carboxylic acids is 1. The van der Waals surface area contributed by atoms with Crippen LogP contribution in [0.2, 0.25) is 0 Å². The number of hydrogen-bond donors (Lipinski definition) is 1. The SMILES string of the molecule is COc1c(C)cnc(Cn2cc(C(=O)O)cn2)c1C. The largest absolute Gasteiger partial charge is 0.496 e. The van der Waals surface area contributed by atoms with Gasteiger partial charge in [-0.05, 0) is 13.8 Å². The molecule has 2 rings (SSSR count). The minimum atomic E-state index is -0.989. The van der Waals surface area contributed by atoms with Crippen molar-refractivity contribution in [3.05, 3.63) is 41.0 Å². The lowest BCUT2D eigenvalue weighted by atomic mass is 10.1. The number of ether oxygens (including phenoxy) is 1. The maximum absolute atomic E-state index is 10.8. The molecule has 0 radical (unpaired) electrons. The van der Waals surface area contributed by atoms with Gasteiger partial charge in [0.2, 0.25) is 0 Å². The van der Waals surface area contributed by atoms with Gasteiger partial charge in [0.15, 0.2) is 0 Å². The van der Waals surface area contributed by atoms with Crippen LogP contribution in [0.4, 0.5) is 0 Å². The topological polar surface area (TPSA) is 77.2 Å². The zero-order chi connectivity index (χ0) is 14.0. The van der Waals surface area contributed by atoms with E-state index >= 15 is 0 Å². The van der Waals surface area contributed by atoms with E-state index in [0.29, 0.717) is 6.54 Å². The van der Waals surface area contributed by atoms with Crippen molar-refractivity contribution in [2.24, 2.45) is 0 Å². The highest BCUT2D eigenvalue weighted by Crippen LogP contribution is 2.24. The lowest BCUT2D eigenvalue weighted by Crippen LogP contribution is -2.06. The normalized spacial score (nSPS) is 10.5. The molecular weight excluding hydrogens is 246 g/mol. The van der Waals surface area contributed by atoms with Crippen molar-refractivity contribution >= 4 is 5.97 Å². The Morgan fingerprint density at radius 3 is 2.74 bits per heavy atom. The molecule has 6 heteroatoms. The van der Waals surface area contributed by atoms with Gasteiger partial charge < -0.3 is 9.84 Å². The molecule has 0 saturated heterocycles. The molecule has 0 fully saturated rings. The molecule has 6 nitrogen and oxygen atoms in total. The number of aromatic nitrogens is 3. The summed E-state index contributed by atoms with van der Waals surface area (Å²) < 4.78 is 6.88. The predicted molar refractivity (Wildman–Crippen MR) is 68.6 cm³/mol. The zero-order valence-electron chi connectivity index (χ0n) is 11.0. The number of carbonyl (C=O) groups is 1. The Morgan fingerprint density at radius 2 is 2.16 bits per heavy atom. The summed E-state index contributed by atoms with van der Waals surface area (Å²) in [7, 11) is 1.62. The fourth-order valence-electron chi connectivity index (χ4n) is 1.94. The highest BCUT2D eigenvalue weighted by molar-refractivity contribution is 5.86. The van der Waals surface area contributed by atoms with Gasteiger partial charge in [0.05, 0.1) is 31.1 Å². The quantitative estimate of drug-likeness (QED) is 0.905. The summed E-state index contributed by atoms with van der Waals surface area (Å²) in [6.07, 6.45) is 4.54. The van der Waals surface area contributed by atoms with Crippen LogP contribution in [0, 0.1) is 13.8 Å². The minimum absolute atomic E-state index is 0.164. The number of methoxy groups -OCH3 is 1. The second-order valence-corrected chi connectivity index (χ2v) is 4.28. The van der Waals surface area contributed by atoms with E-state index in [0.717, 1.165) is 22.6 Å². The molecule has 0 aromatic carbocycles. The fraction of sp³-hybridized carbons (Fsp3) is 0.308. The third kappa shape index (κ3) is 2.57. The van der Waals surface area contributed by atoms with Gasteiger partial charge in [0.25, 0.3) is 0 Å². The summed E-state index contributed by atoms with van der Waals surface area (Å²) in [5.41, 5.74) is 2.88. The van der Waals surface area contributed by atoms with Crippen molar-refractivity contribution < 1.29 is 14.6 Å². The predicted octanol–water partition coefficient (Wildman–Crippen LogP) is 1.65. The van der Waals surface area contributed by atoms with Crippen molar-refractivity contribution in [2.75, 3.05) is 7.11 Å². The van der Waals surface area contributed by atoms with Gasteiger partial charge in [0.1, 0.15) is 5.75 Å². The maximum atomic E-state index is 10.8. The summed E-state index contributed by atoms with van der Waals surface area (Å²) in [5.74, 6) is -0.187. The number of hydrogen-bond acceptors (Lipinski definition) is 4. The van der Waals surface area contributed by atoms with E-state index in [9.17, 15) is 4.79 Å². The third-order valence-electron chi connectivity index (χ3n) is 2.94. The number of pyridine rings is 1. The number of nitrogens with zero attached hydrogens (tertiary/aromatic N) is 3. The summed E-state index contributed by atoms with van der Waals surface area (Å²) in [6.45, 7) is 4.27. The molecule has 0 saturated carbocycles. The maximum Gasteiger partial charge on any atom is 0.338 e. The standard InChI is InChI=1S/C13H15N3O3/c1-8-4-14-11(9(2)12(8)19-3)7-16-6-10(5-15-16)13(17)18/h4-6H,7H2,1-3H3,(H,17,18). The van der Waals surface area contributed by atoms with Gasteiger partial charge >= 0.3 is 5.97 Å². The van der Waals surface area contributed by atoms with Crippen LogP contribution in [0.5, 0.6) is 5.75 Å². The Bertz CT molecular complexity index is 620. The number of rotatable bonds is 4. The molecule has 0 atom stereocenters. The van der Waals surface area contributed by atoms with Crippen molar-refractivity contribution in [2.45, 2.75) is 20.4 Å². The minimum Gasteiger partial charge on any atom is -0.496 e. The Hall–Kier alpha value is -2.37. The van der Waals surface area contributed by atoms with Crippen LogP contribution in [0.3, 0.4) is 0 Å². The summed E-state index contributed by atoms with van der Waals surface area (Å²) in [4.78, 5) is 15.1. The van der Waals surface area contributed by atoms with Crippen molar-refractivity contribution in [1.82, 2.24) is 14.8 Å². The zero-order valence-corrected chi connectivity index (χ0v) is 11.0. The first-order valence-corrected chi connectivity index (χ1v) is 5.77. The van der Waals surface area contributed by atoms with Crippen molar-refractivity contribution in [3.8, 4) is 5.75 Å². The lowest BCUT2D eigenvalue weighted by molar-refractivity contribution is 0.0697. The molecule has 19 heavy (non-hydrogen) atoms. The van der Waals surface area contributed by atoms with E-state index < -0.39 is 5.97 Å². The van der Waals surface area contributed by atoms with Crippen molar-refractivity contribution in [1.29, 1.82) is 0 Å². The Kier molecular flexibility index (Phi) is 3.50. The molecular formula is C13H15N3O3. The molecule has 2 aromatic heterocycles. The van der Waals surface area contributed by atoms with Gasteiger partial charge in [0, 0.05) is 23.5 Å². The summed E-state index contributed by atoms with van der Waals surface area (Å²) >= 11 is 0. The summed E-state index contributed by atoms with van der Waals surface area (Å²) in [6, 6.07) is 0. The Balaban J connectivity index is 2.30. The second kappa shape index (κ2) is 5.09. The van der Waals surface area contributed by atoms with Gasteiger partial charge in [-0.1, -0.05) is 0 Å².